The fraction of sp³-hybridized carbons (Fsp3) is 0.211. The molecule has 1 unspecified atom stereocenters. The number of para-hydroxylation sites is 1. The number of amides is 1. The minimum absolute atomic E-state index is 0.00376. The molecule has 28 heavy (non-hydrogen) atoms. The monoisotopic (exact) mass is 405 g/mol. The van der Waals surface area contributed by atoms with Crippen LogP contribution in [0.15, 0.2) is 52.4 Å². The lowest BCUT2D eigenvalue weighted by atomic mass is 10.2. The SMILES string of the molecule is CC(O)Cn1c(SCC(=O)Nc2cc(F)cc(F)c2)nc2ccccc2c1=O. The third-order valence-corrected chi connectivity index (χ3v) is 4.73. The van der Waals surface area contributed by atoms with E-state index in [1.54, 1.807) is 31.2 Å². The van der Waals surface area contributed by atoms with Crippen molar-refractivity contribution in [1.82, 2.24) is 9.55 Å². The Morgan fingerprint density at radius 2 is 1.93 bits per heavy atom. The zero-order valence-electron chi connectivity index (χ0n) is 14.9. The topological polar surface area (TPSA) is 84.2 Å². The van der Waals surface area contributed by atoms with E-state index in [-0.39, 0.29) is 28.7 Å². The molecule has 0 aliphatic rings. The van der Waals surface area contributed by atoms with Gasteiger partial charge < -0.3 is 10.4 Å². The summed E-state index contributed by atoms with van der Waals surface area (Å²) in [7, 11) is 0. The smallest absolute Gasteiger partial charge is 0.262 e. The number of thioether (sulfide) groups is 1. The molecule has 2 aromatic carbocycles. The highest BCUT2D eigenvalue weighted by atomic mass is 32.2. The Balaban J connectivity index is 1.82. The van der Waals surface area contributed by atoms with Crippen molar-refractivity contribution in [2.75, 3.05) is 11.1 Å². The van der Waals surface area contributed by atoms with Gasteiger partial charge in [0, 0.05) is 11.8 Å². The van der Waals surface area contributed by atoms with Gasteiger partial charge >= 0.3 is 0 Å². The van der Waals surface area contributed by atoms with Gasteiger partial charge in [-0.25, -0.2) is 13.8 Å². The van der Waals surface area contributed by atoms with Crippen molar-refractivity contribution >= 4 is 34.3 Å². The van der Waals surface area contributed by atoms with Gasteiger partial charge in [-0.05, 0) is 31.2 Å². The van der Waals surface area contributed by atoms with E-state index in [1.807, 2.05) is 0 Å². The lowest BCUT2D eigenvalue weighted by molar-refractivity contribution is -0.113. The molecule has 0 aliphatic heterocycles. The standard InChI is InChI=1S/C19H17F2N3O3S/c1-11(25)9-24-18(27)15-4-2-3-5-16(15)23-19(24)28-10-17(26)22-14-7-12(20)6-13(21)8-14/h2-8,11,25H,9-10H2,1H3,(H,22,26). The fourth-order valence-corrected chi connectivity index (χ4v) is 3.44. The van der Waals surface area contributed by atoms with E-state index in [9.17, 15) is 23.5 Å². The predicted molar refractivity (Wildman–Crippen MR) is 103 cm³/mol. The summed E-state index contributed by atoms with van der Waals surface area (Å²) in [4.78, 5) is 29.3. The average molecular weight is 405 g/mol. The maximum Gasteiger partial charge on any atom is 0.262 e. The molecular weight excluding hydrogens is 388 g/mol. The van der Waals surface area contributed by atoms with Gasteiger partial charge in [-0.15, -0.1) is 0 Å². The summed E-state index contributed by atoms with van der Waals surface area (Å²) in [5.41, 5.74) is 0.155. The molecule has 0 saturated carbocycles. The Labute approximate surface area is 163 Å². The van der Waals surface area contributed by atoms with Gasteiger partial charge in [-0.2, -0.15) is 0 Å². The number of nitrogens with zero attached hydrogens (tertiary/aromatic N) is 2. The lowest BCUT2D eigenvalue weighted by Gasteiger charge is -2.14. The van der Waals surface area contributed by atoms with Crippen LogP contribution in [0.4, 0.5) is 14.5 Å². The molecule has 0 fully saturated rings. The number of carbonyl (C=O) groups is 1. The molecule has 0 aliphatic carbocycles. The summed E-state index contributed by atoms with van der Waals surface area (Å²) in [6, 6.07) is 9.50. The van der Waals surface area contributed by atoms with Gasteiger partial charge in [0.25, 0.3) is 5.56 Å². The lowest BCUT2D eigenvalue weighted by Crippen LogP contribution is -2.28. The van der Waals surface area contributed by atoms with Crippen molar-refractivity contribution in [2.24, 2.45) is 0 Å². The largest absolute Gasteiger partial charge is 0.392 e. The molecule has 3 rings (SSSR count). The highest BCUT2D eigenvalue weighted by molar-refractivity contribution is 7.99. The number of anilines is 1. The number of hydrogen-bond acceptors (Lipinski definition) is 5. The van der Waals surface area contributed by atoms with Gasteiger partial charge in [-0.1, -0.05) is 23.9 Å². The van der Waals surface area contributed by atoms with Crippen LogP contribution in [0.1, 0.15) is 6.92 Å². The third-order valence-electron chi connectivity index (χ3n) is 3.75. The highest BCUT2D eigenvalue weighted by Gasteiger charge is 2.15. The molecule has 2 N–H and O–H groups in total. The fourth-order valence-electron chi connectivity index (χ4n) is 2.64. The van der Waals surface area contributed by atoms with E-state index in [0.29, 0.717) is 17.0 Å². The maximum atomic E-state index is 13.2. The molecule has 0 bridgehead atoms. The number of benzene rings is 2. The van der Waals surface area contributed by atoms with Gasteiger partial charge in [0.1, 0.15) is 11.6 Å². The van der Waals surface area contributed by atoms with Crippen LogP contribution in [-0.4, -0.2) is 32.4 Å². The molecule has 0 saturated heterocycles. The molecule has 146 valence electrons. The number of halogens is 2. The number of aromatic nitrogens is 2. The van der Waals surface area contributed by atoms with Gasteiger partial charge in [0.05, 0.1) is 29.3 Å². The summed E-state index contributed by atoms with van der Waals surface area (Å²) in [6.07, 6.45) is -0.788. The summed E-state index contributed by atoms with van der Waals surface area (Å²) in [5.74, 6) is -2.25. The van der Waals surface area contributed by atoms with Crippen LogP contribution in [-0.2, 0) is 11.3 Å². The van der Waals surface area contributed by atoms with E-state index in [0.717, 1.165) is 23.9 Å². The number of aliphatic hydroxyl groups excluding tert-OH is 1. The number of rotatable bonds is 6. The van der Waals surface area contributed by atoms with Crippen LogP contribution < -0.4 is 10.9 Å². The van der Waals surface area contributed by atoms with E-state index in [2.05, 4.69) is 10.3 Å². The van der Waals surface area contributed by atoms with Crippen molar-refractivity contribution in [3.05, 3.63) is 64.5 Å². The van der Waals surface area contributed by atoms with E-state index in [4.69, 9.17) is 0 Å². The molecule has 1 amide bonds. The first-order chi connectivity index (χ1) is 13.3. The van der Waals surface area contributed by atoms with Gasteiger partial charge in [-0.3, -0.25) is 14.2 Å². The minimum Gasteiger partial charge on any atom is -0.392 e. The summed E-state index contributed by atoms with van der Waals surface area (Å²) in [5, 5.41) is 12.8. The Hall–Kier alpha value is -2.78. The zero-order valence-corrected chi connectivity index (χ0v) is 15.7. The molecular formula is C19H17F2N3O3S. The predicted octanol–water partition coefficient (Wildman–Crippen LogP) is 2.79. The first-order valence-corrected chi connectivity index (χ1v) is 9.38. The normalized spacial score (nSPS) is 12.1. The number of fused-ring (bicyclic) bond motifs is 1. The van der Waals surface area contributed by atoms with Crippen LogP contribution in [0.3, 0.4) is 0 Å². The molecule has 3 aromatic rings. The summed E-state index contributed by atoms with van der Waals surface area (Å²) >= 11 is 0.995. The Kier molecular flexibility index (Phi) is 6.05. The van der Waals surface area contributed by atoms with E-state index < -0.39 is 23.6 Å². The van der Waals surface area contributed by atoms with E-state index in [1.165, 1.54) is 4.57 Å². The first-order valence-electron chi connectivity index (χ1n) is 8.40. The Morgan fingerprint density at radius 3 is 2.61 bits per heavy atom. The third kappa shape index (κ3) is 4.73. The van der Waals surface area contributed by atoms with Gasteiger partial charge in [0.2, 0.25) is 5.91 Å². The highest BCUT2D eigenvalue weighted by Crippen LogP contribution is 2.19. The van der Waals surface area contributed by atoms with Crippen LogP contribution >= 0.6 is 11.8 Å². The van der Waals surface area contributed by atoms with Crippen molar-refractivity contribution in [3.63, 3.8) is 0 Å². The second-order valence-electron chi connectivity index (χ2n) is 6.17. The minimum atomic E-state index is -0.801. The van der Waals surface area contributed by atoms with Crippen molar-refractivity contribution in [3.8, 4) is 0 Å². The Bertz CT molecular complexity index is 1070. The van der Waals surface area contributed by atoms with Crippen molar-refractivity contribution in [2.45, 2.75) is 24.7 Å². The zero-order chi connectivity index (χ0) is 20.3. The molecule has 1 heterocycles. The molecule has 9 heteroatoms. The van der Waals surface area contributed by atoms with Crippen LogP contribution in [0, 0.1) is 11.6 Å². The molecule has 1 aromatic heterocycles. The second kappa shape index (κ2) is 8.49. The number of nitrogens with one attached hydrogen (secondary N) is 1. The molecule has 0 spiro atoms. The molecule has 0 radical (unpaired) electrons. The second-order valence-corrected chi connectivity index (χ2v) is 7.11. The molecule has 1 atom stereocenters. The molecule has 6 nitrogen and oxygen atoms in total. The first kappa shape index (κ1) is 20.0. The average Bonchev–Trinajstić information content (AvgIpc) is 2.61. The Morgan fingerprint density at radius 1 is 1.25 bits per heavy atom. The number of aliphatic hydroxyl groups is 1. The number of carbonyl (C=O) groups excluding carboxylic acids is 1. The quantitative estimate of drug-likeness (QED) is 0.487. The van der Waals surface area contributed by atoms with Crippen LogP contribution in [0.2, 0.25) is 0 Å². The number of hydrogen-bond donors (Lipinski definition) is 2. The van der Waals surface area contributed by atoms with Crippen molar-refractivity contribution in [1.29, 1.82) is 0 Å². The van der Waals surface area contributed by atoms with E-state index >= 15 is 0 Å². The van der Waals surface area contributed by atoms with Gasteiger partial charge in [0.15, 0.2) is 5.16 Å². The maximum absolute atomic E-state index is 13.2. The summed E-state index contributed by atoms with van der Waals surface area (Å²) in [6.45, 7) is 1.57. The summed E-state index contributed by atoms with van der Waals surface area (Å²) < 4.78 is 27.8. The van der Waals surface area contributed by atoms with Crippen LogP contribution in [0.5, 0.6) is 0 Å². The van der Waals surface area contributed by atoms with Crippen molar-refractivity contribution < 1.29 is 18.7 Å². The van der Waals surface area contributed by atoms with Crippen LogP contribution in [0.25, 0.3) is 10.9 Å².